The van der Waals surface area contributed by atoms with Crippen LogP contribution in [0.15, 0.2) is 73.1 Å². The maximum absolute atomic E-state index is 12.6. The number of aryl methyl sites for hydroxylation is 1. The Bertz CT molecular complexity index is 1100. The average molecular weight is 407 g/mol. The number of hydrogen-bond donors (Lipinski definition) is 0. The highest BCUT2D eigenvalue weighted by molar-refractivity contribution is 6.32. The molecule has 6 nitrogen and oxygen atoms in total. The second-order valence-electron chi connectivity index (χ2n) is 6.59. The third-order valence-electron chi connectivity index (χ3n) is 4.52. The van der Waals surface area contributed by atoms with E-state index in [1.54, 1.807) is 22.5 Å². The van der Waals surface area contributed by atoms with Crippen LogP contribution in [0.3, 0.4) is 0 Å². The van der Waals surface area contributed by atoms with Gasteiger partial charge in [-0.2, -0.15) is 10.2 Å². The molecule has 0 amide bonds. The van der Waals surface area contributed by atoms with Crippen LogP contribution < -0.4 is 0 Å². The topological polar surface area (TPSA) is 61.9 Å². The summed E-state index contributed by atoms with van der Waals surface area (Å²) < 4.78 is 8.85. The first-order valence-corrected chi connectivity index (χ1v) is 9.52. The zero-order valence-corrected chi connectivity index (χ0v) is 16.6. The minimum atomic E-state index is -0.483. The van der Waals surface area contributed by atoms with Gasteiger partial charge in [0.05, 0.1) is 17.9 Å². The first-order chi connectivity index (χ1) is 14.1. The monoisotopic (exact) mass is 406 g/mol. The van der Waals surface area contributed by atoms with E-state index < -0.39 is 5.97 Å². The third-order valence-corrected chi connectivity index (χ3v) is 4.90. The summed E-state index contributed by atoms with van der Waals surface area (Å²) in [5.74, 6) is -0.483. The van der Waals surface area contributed by atoms with E-state index in [1.807, 2.05) is 66.9 Å². The number of carbonyl (C=O) groups excluding carboxylic acids is 1. The van der Waals surface area contributed by atoms with Crippen molar-refractivity contribution in [3.8, 4) is 5.69 Å². The molecular formula is C22H19ClN4O2. The van der Waals surface area contributed by atoms with Crippen LogP contribution in [0.4, 0.5) is 0 Å². The fourth-order valence-corrected chi connectivity index (χ4v) is 3.35. The van der Waals surface area contributed by atoms with Crippen molar-refractivity contribution in [2.45, 2.75) is 20.1 Å². The fourth-order valence-electron chi connectivity index (χ4n) is 3.03. The first-order valence-electron chi connectivity index (χ1n) is 9.15. The summed E-state index contributed by atoms with van der Waals surface area (Å²) in [5, 5.41) is 8.87. The maximum atomic E-state index is 12.6. The van der Waals surface area contributed by atoms with Crippen LogP contribution in [0.2, 0.25) is 5.15 Å². The predicted molar refractivity (Wildman–Crippen MR) is 110 cm³/mol. The summed E-state index contributed by atoms with van der Waals surface area (Å²) >= 11 is 6.42. The molecule has 0 N–H and O–H groups in total. The molecule has 0 fully saturated rings. The van der Waals surface area contributed by atoms with E-state index in [9.17, 15) is 4.79 Å². The van der Waals surface area contributed by atoms with Gasteiger partial charge in [0.25, 0.3) is 0 Å². The zero-order valence-electron chi connectivity index (χ0n) is 15.8. The Hall–Kier alpha value is -3.38. The van der Waals surface area contributed by atoms with Crippen LogP contribution in [0, 0.1) is 6.92 Å². The normalized spacial score (nSPS) is 10.8. The van der Waals surface area contributed by atoms with Gasteiger partial charge < -0.3 is 4.74 Å². The molecule has 2 aromatic carbocycles. The molecule has 0 spiro atoms. The summed E-state index contributed by atoms with van der Waals surface area (Å²) in [6.45, 7) is 2.39. The number of ether oxygens (including phenoxy) is 1. The Morgan fingerprint density at radius 1 is 1.03 bits per heavy atom. The van der Waals surface area contributed by atoms with Gasteiger partial charge in [0.15, 0.2) is 0 Å². The Balaban J connectivity index is 1.43. The number of aromatic nitrogens is 4. The van der Waals surface area contributed by atoms with E-state index in [2.05, 4.69) is 10.2 Å². The zero-order chi connectivity index (χ0) is 20.2. The van der Waals surface area contributed by atoms with E-state index in [0.29, 0.717) is 17.8 Å². The molecule has 0 saturated heterocycles. The van der Waals surface area contributed by atoms with Gasteiger partial charge in [-0.3, -0.25) is 0 Å². The molecule has 0 atom stereocenters. The SMILES string of the molecule is Cc1nn(Cc2ccccc2)c(Cl)c1C(=O)OCc1ccc(-n2cccn2)cc1. The number of halogens is 1. The van der Waals surface area contributed by atoms with E-state index in [4.69, 9.17) is 16.3 Å². The van der Waals surface area contributed by atoms with Gasteiger partial charge in [0.1, 0.15) is 17.3 Å². The minimum Gasteiger partial charge on any atom is -0.457 e. The standard InChI is InChI=1S/C22H19ClN4O2/c1-16-20(21(23)27(25-16)14-17-6-3-2-4-7-17)22(28)29-15-18-8-10-19(11-9-18)26-13-5-12-24-26/h2-13H,14-15H2,1H3. The van der Waals surface area contributed by atoms with E-state index in [1.165, 1.54) is 0 Å². The highest BCUT2D eigenvalue weighted by Crippen LogP contribution is 2.22. The maximum Gasteiger partial charge on any atom is 0.343 e. The van der Waals surface area contributed by atoms with Crippen molar-refractivity contribution in [1.82, 2.24) is 19.6 Å². The number of carbonyl (C=O) groups is 1. The molecule has 0 bridgehead atoms. The van der Waals surface area contributed by atoms with Crippen LogP contribution in [-0.4, -0.2) is 25.5 Å². The molecule has 2 aromatic heterocycles. The van der Waals surface area contributed by atoms with Crippen LogP contribution >= 0.6 is 11.6 Å². The lowest BCUT2D eigenvalue weighted by Gasteiger charge is -2.07. The molecule has 4 rings (SSSR count). The van der Waals surface area contributed by atoms with E-state index >= 15 is 0 Å². The highest BCUT2D eigenvalue weighted by Gasteiger charge is 2.21. The summed E-state index contributed by atoms with van der Waals surface area (Å²) in [6, 6.07) is 19.3. The van der Waals surface area contributed by atoms with Gasteiger partial charge in [-0.05, 0) is 36.2 Å². The van der Waals surface area contributed by atoms with Gasteiger partial charge in [-0.1, -0.05) is 54.1 Å². The number of nitrogens with zero attached hydrogens (tertiary/aromatic N) is 4. The first kappa shape index (κ1) is 19.0. The molecule has 146 valence electrons. The molecule has 2 heterocycles. The molecule has 29 heavy (non-hydrogen) atoms. The summed E-state index contributed by atoms with van der Waals surface area (Å²) in [5.41, 5.74) is 3.71. The Kier molecular flexibility index (Phi) is 5.44. The molecule has 0 saturated carbocycles. The molecule has 0 aliphatic heterocycles. The van der Waals surface area contributed by atoms with E-state index in [0.717, 1.165) is 16.8 Å². The molecule has 7 heteroatoms. The minimum absolute atomic E-state index is 0.151. The van der Waals surface area contributed by atoms with Gasteiger partial charge >= 0.3 is 5.97 Å². The van der Waals surface area contributed by atoms with Gasteiger partial charge in [-0.25, -0.2) is 14.2 Å². The Labute approximate surface area is 173 Å². The van der Waals surface area contributed by atoms with Crippen molar-refractivity contribution in [1.29, 1.82) is 0 Å². The Morgan fingerprint density at radius 3 is 2.48 bits per heavy atom. The van der Waals surface area contributed by atoms with Crippen molar-refractivity contribution in [2.24, 2.45) is 0 Å². The molecule has 0 radical (unpaired) electrons. The Morgan fingerprint density at radius 2 is 1.79 bits per heavy atom. The smallest absolute Gasteiger partial charge is 0.343 e. The molecule has 0 unspecified atom stereocenters. The van der Waals surface area contributed by atoms with Crippen molar-refractivity contribution < 1.29 is 9.53 Å². The largest absolute Gasteiger partial charge is 0.457 e. The lowest BCUT2D eigenvalue weighted by Crippen LogP contribution is -2.07. The van der Waals surface area contributed by atoms with Crippen molar-refractivity contribution in [2.75, 3.05) is 0 Å². The predicted octanol–water partition coefficient (Wildman–Crippen LogP) is 4.44. The summed E-state index contributed by atoms with van der Waals surface area (Å²) in [7, 11) is 0. The van der Waals surface area contributed by atoms with Crippen molar-refractivity contribution in [3.63, 3.8) is 0 Å². The number of hydrogen-bond acceptors (Lipinski definition) is 4. The van der Waals surface area contributed by atoms with Gasteiger partial charge in [0, 0.05) is 12.4 Å². The van der Waals surface area contributed by atoms with Crippen LogP contribution in [0.25, 0.3) is 5.69 Å². The van der Waals surface area contributed by atoms with Crippen molar-refractivity contribution >= 4 is 17.6 Å². The highest BCUT2D eigenvalue weighted by atomic mass is 35.5. The molecule has 0 aliphatic rings. The van der Waals surface area contributed by atoms with Crippen molar-refractivity contribution in [3.05, 3.63) is 101 Å². The molecule has 0 aliphatic carbocycles. The summed E-state index contributed by atoms with van der Waals surface area (Å²) in [6.07, 6.45) is 3.59. The van der Waals surface area contributed by atoms with Gasteiger partial charge in [-0.15, -0.1) is 0 Å². The quantitative estimate of drug-likeness (QED) is 0.444. The number of rotatable bonds is 6. The fraction of sp³-hybridized carbons (Fsp3) is 0.136. The lowest BCUT2D eigenvalue weighted by atomic mass is 10.2. The average Bonchev–Trinajstić information content (AvgIpc) is 3.36. The molecule has 4 aromatic rings. The van der Waals surface area contributed by atoms with E-state index in [-0.39, 0.29) is 11.8 Å². The lowest BCUT2D eigenvalue weighted by molar-refractivity contribution is 0.0472. The third kappa shape index (κ3) is 4.22. The van der Waals surface area contributed by atoms with Crippen LogP contribution in [0.5, 0.6) is 0 Å². The second-order valence-corrected chi connectivity index (χ2v) is 6.95. The number of benzene rings is 2. The van der Waals surface area contributed by atoms with Crippen LogP contribution in [-0.2, 0) is 17.9 Å². The number of esters is 1. The van der Waals surface area contributed by atoms with Crippen LogP contribution in [0.1, 0.15) is 27.2 Å². The second kappa shape index (κ2) is 8.32. The van der Waals surface area contributed by atoms with Gasteiger partial charge in [0.2, 0.25) is 0 Å². The molecular weight excluding hydrogens is 388 g/mol. The summed E-state index contributed by atoms with van der Waals surface area (Å²) in [4.78, 5) is 12.6.